The molecule has 164 valence electrons. The molecule has 0 spiro atoms. The van der Waals surface area contributed by atoms with Gasteiger partial charge in [0.2, 0.25) is 5.91 Å². The molecular weight excluding hydrogens is 404 g/mol. The molecule has 30 heavy (non-hydrogen) atoms. The van der Waals surface area contributed by atoms with Crippen LogP contribution in [0.3, 0.4) is 0 Å². The fraction of sp³-hybridized carbons (Fsp3) is 0.409. The normalized spacial score (nSPS) is 11.3. The second-order valence-corrected chi connectivity index (χ2v) is 9.43. The zero-order valence-electron chi connectivity index (χ0n) is 18.4. The molecule has 0 unspecified atom stereocenters. The molecule has 0 aliphatic carbocycles. The first-order valence-corrected chi connectivity index (χ1v) is 11.1. The number of carbonyl (C=O) groups is 1. The summed E-state index contributed by atoms with van der Waals surface area (Å²) in [7, 11) is -1.12. The van der Waals surface area contributed by atoms with Crippen molar-refractivity contribution in [3.63, 3.8) is 0 Å². The van der Waals surface area contributed by atoms with Gasteiger partial charge in [-0.25, -0.2) is 8.42 Å². The van der Waals surface area contributed by atoms with Crippen LogP contribution >= 0.6 is 0 Å². The number of carbonyl (C=O) groups excluding carboxylic acids is 1. The number of nitrogens with zero attached hydrogens (tertiary/aromatic N) is 1. The van der Waals surface area contributed by atoms with E-state index in [1.165, 1.54) is 32.4 Å². The van der Waals surface area contributed by atoms with E-state index in [1.54, 1.807) is 12.1 Å². The average molecular weight is 435 g/mol. The van der Waals surface area contributed by atoms with Crippen molar-refractivity contribution in [3.05, 3.63) is 47.5 Å². The number of hydrogen-bond acceptors (Lipinski definition) is 5. The van der Waals surface area contributed by atoms with Crippen molar-refractivity contribution in [2.24, 2.45) is 5.92 Å². The van der Waals surface area contributed by atoms with Gasteiger partial charge in [0.1, 0.15) is 6.54 Å². The largest absolute Gasteiger partial charge is 0.493 e. The predicted octanol–water partition coefficient (Wildman–Crippen LogP) is 3.29. The van der Waals surface area contributed by atoms with Gasteiger partial charge >= 0.3 is 0 Å². The third-order valence-electron chi connectivity index (χ3n) is 4.43. The minimum absolute atomic E-state index is 0.0102. The molecule has 0 saturated carbocycles. The first-order valence-electron chi connectivity index (χ1n) is 9.68. The summed E-state index contributed by atoms with van der Waals surface area (Å²) in [4.78, 5) is 12.6. The van der Waals surface area contributed by atoms with Gasteiger partial charge in [-0.2, -0.15) is 0 Å². The van der Waals surface area contributed by atoms with Gasteiger partial charge < -0.3 is 14.8 Å². The number of hydrogen-bond donors (Lipinski definition) is 1. The Labute approximate surface area is 179 Å². The van der Waals surface area contributed by atoms with Gasteiger partial charge in [0.25, 0.3) is 10.0 Å². The van der Waals surface area contributed by atoms with Crippen molar-refractivity contribution in [3.8, 4) is 11.5 Å². The smallest absolute Gasteiger partial charge is 0.264 e. The number of nitrogens with one attached hydrogen (secondary N) is 1. The lowest BCUT2D eigenvalue weighted by molar-refractivity contribution is -0.119. The highest BCUT2D eigenvalue weighted by Gasteiger charge is 2.28. The average Bonchev–Trinajstić information content (AvgIpc) is 2.68. The Hall–Kier alpha value is -2.74. The first-order chi connectivity index (χ1) is 14.1. The maximum absolute atomic E-state index is 13.5. The Morgan fingerprint density at radius 1 is 1.00 bits per heavy atom. The number of aryl methyl sites for hydroxylation is 2. The van der Waals surface area contributed by atoms with Crippen molar-refractivity contribution >= 4 is 21.6 Å². The van der Waals surface area contributed by atoms with Crippen LogP contribution in [-0.2, 0) is 14.8 Å². The molecule has 1 N–H and O–H groups in total. The molecule has 0 atom stereocenters. The molecular formula is C22H30N2O5S. The quantitative estimate of drug-likeness (QED) is 0.655. The van der Waals surface area contributed by atoms with Gasteiger partial charge in [-0.3, -0.25) is 9.10 Å². The van der Waals surface area contributed by atoms with Crippen LogP contribution in [0, 0.1) is 19.8 Å². The highest BCUT2D eigenvalue weighted by atomic mass is 32.2. The number of rotatable bonds is 9. The van der Waals surface area contributed by atoms with E-state index in [0.717, 1.165) is 15.4 Å². The second-order valence-electron chi connectivity index (χ2n) is 7.57. The molecule has 2 rings (SSSR count). The molecule has 0 bridgehead atoms. The van der Waals surface area contributed by atoms with Crippen LogP contribution in [0.5, 0.6) is 11.5 Å². The maximum atomic E-state index is 13.5. The van der Waals surface area contributed by atoms with Crippen LogP contribution in [0.1, 0.15) is 25.0 Å². The summed E-state index contributed by atoms with van der Waals surface area (Å²) in [6.45, 7) is 7.86. The molecule has 8 heteroatoms. The molecule has 7 nitrogen and oxygen atoms in total. The Morgan fingerprint density at radius 2 is 1.60 bits per heavy atom. The Bertz CT molecular complexity index is 982. The van der Waals surface area contributed by atoms with Crippen LogP contribution in [0.15, 0.2) is 41.3 Å². The summed E-state index contributed by atoms with van der Waals surface area (Å²) >= 11 is 0. The fourth-order valence-electron chi connectivity index (χ4n) is 3.02. The summed E-state index contributed by atoms with van der Waals surface area (Å²) < 4.78 is 38.7. The summed E-state index contributed by atoms with van der Waals surface area (Å²) in [5.74, 6) is 0.602. The summed E-state index contributed by atoms with van der Waals surface area (Å²) in [5.41, 5.74) is 2.24. The van der Waals surface area contributed by atoms with Crippen LogP contribution in [0.2, 0.25) is 0 Å². The number of sulfonamides is 1. The highest BCUT2D eigenvalue weighted by molar-refractivity contribution is 7.92. The van der Waals surface area contributed by atoms with Gasteiger partial charge in [-0.1, -0.05) is 19.9 Å². The number of amides is 1. The molecule has 0 saturated heterocycles. The van der Waals surface area contributed by atoms with E-state index in [4.69, 9.17) is 9.47 Å². The standard InChI is InChI=1S/C22H30N2O5S/c1-15(2)13-23-22(25)14-24(18-10-16(3)9-17(4)11-18)30(26,27)19-7-8-20(28-5)21(12-19)29-6/h7-12,15H,13-14H2,1-6H3,(H,23,25). The van der Waals surface area contributed by atoms with Crippen LogP contribution < -0.4 is 19.1 Å². The lowest BCUT2D eigenvalue weighted by Crippen LogP contribution is -2.41. The topological polar surface area (TPSA) is 84.9 Å². The van der Waals surface area contributed by atoms with E-state index >= 15 is 0 Å². The molecule has 0 aliphatic rings. The van der Waals surface area contributed by atoms with Crippen LogP contribution in [0.25, 0.3) is 0 Å². The number of ether oxygens (including phenoxy) is 2. The fourth-order valence-corrected chi connectivity index (χ4v) is 4.44. The Balaban J connectivity index is 2.52. The first kappa shape index (κ1) is 23.5. The Morgan fingerprint density at radius 3 is 2.13 bits per heavy atom. The van der Waals surface area contributed by atoms with Gasteiger partial charge in [0.05, 0.1) is 24.8 Å². The van der Waals surface area contributed by atoms with Gasteiger partial charge in [-0.05, 0) is 55.2 Å². The number of methoxy groups -OCH3 is 2. The summed E-state index contributed by atoms with van der Waals surface area (Å²) in [6.07, 6.45) is 0. The van der Waals surface area contributed by atoms with E-state index < -0.39 is 10.0 Å². The number of anilines is 1. The zero-order valence-corrected chi connectivity index (χ0v) is 19.2. The molecule has 0 heterocycles. The zero-order chi connectivity index (χ0) is 22.5. The van der Waals surface area contributed by atoms with Gasteiger partial charge in [0.15, 0.2) is 11.5 Å². The van der Waals surface area contributed by atoms with Crippen LogP contribution in [-0.4, -0.2) is 41.6 Å². The molecule has 2 aromatic rings. The summed E-state index contributed by atoms with van der Waals surface area (Å²) in [6, 6.07) is 9.82. The SMILES string of the molecule is COc1ccc(S(=O)(=O)N(CC(=O)NCC(C)C)c2cc(C)cc(C)c2)cc1OC. The predicted molar refractivity (Wildman–Crippen MR) is 118 cm³/mol. The van der Waals surface area contributed by atoms with Crippen molar-refractivity contribution < 1.29 is 22.7 Å². The molecule has 2 aromatic carbocycles. The molecule has 0 aromatic heterocycles. The lowest BCUT2D eigenvalue weighted by Gasteiger charge is -2.25. The van der Waals surface area contributed by atoms with E-state index in [0.29, 0.717) is 23.7 Å². The minimum Gasteiger partial charge on any atom is -0.493 e. The van der Waals surface area contributed by atoms with Crippen molar-refractivity contribution in [2.45, 2.75) is 32.6 Å². The van der Waals surface area contributed by atoms with E-state index in [2.05, 4.69) is 5.32 Å². The highest BCUT2D eigenvalue weighted by Crippen LogP contribution is 2.32. The molecule has 0 radical (unpaired) electrons. The van der Waals surface area contributed by atoms with Gasteiger partial charge in [0, 0.05) is 12.6 Å². The number of benzene rings is 2. The second kappa shape index (κ2) is 9.84. The van der Waals surface area contributed by atoms with Crippen molar-refractivity contribution in [1.82, 2.24) is 5.32 Å². The lowest BCUT2D eigenvalue weighted by atomic mass is 10.1. The molecule has 0 fully saturated rings. The van der Waals surface area contributed by atoms with Crippen molar-refractivity contribution in [1.29, 1.82) is 0 Å². The van der Waals surface area contributed by atoms with Gasteiger partial charge in [-0.15, -0.1) is 0 Å². The third-order valence-corrected chi connectivity index (χ3v) is 6.20. The Kier molecular flexibility index (Phi) is 7.72. The van der Waals surface area contributed by atoms with Crippen molar-refractivity contribution in [2.75, 3.05) is 31.6 Å². The van der Waals surface area contributed by atoms with E-state index in [9.17, 15) is 13.2 Å². The third kappa shape index (κ3) is 5.66. The molecule has 1 amide bonds. The summed E-state index contributed by atoms with van der Waals surface area (Å²) in [5, 5.41) is 2.79. The minimum atomic E-state index is -4.04. The van der Waals surface area contributed by atoms with Crippen LogP contribution in [0.4, 0.5) is 5.69 Å². The molecule has 0 aliphatic heterocycles. The monoisotopic (exact) mass is 434 g/mol. The maximum Gasteiger partial charge on any atom is 0.264 e. The van der Waals surface area contributed by atoms with E-state index in [1.807, 2.05) is 33.8 Å². The van der Waals surface area contributed by atoms with E-state index in [-0.39, 0.29) is 23.3 Å².